The van der Waals surface area contributed by atoms with E-state index in [1.54, 1.807) is 0 Å². The monoisotopic (exact) mass is 342 g/mol. The molecule has 4 heteroatoms. The van der Waals surface area contributed by atoms with Crippen LogP contribution in [-0.2, 0) is 13.5 Å². The van der Waals surface area contributed by atoms with Crippen LogP contribution in [0.5, 0.6) is 5.75 Å². The van der Waals surface area contributed by atoms with Crippen molar-refractivity contribution < 1.29 is 4.74 Å². The lowest BCUT2D eigenvalue weighted by molar-refractivity contribution is 0.340. The number of rotatable bonds is 6. The van der Waals surface area contributed by atoms with Gasteiger partial charge in [-0.2, -0.15) is 0 Å². The Bertz CT molecular complexity index is 841. The summed E-state index contributed by atoms with van der Waals surface area (Å²) in [5.74, 6) is 0.952. The van der Waals surface area contributed by atoms with Gasteiger partial charge in [0.15, 0.2) is 0 Å². The summed E-state index contributed by atoms with van der Waals surface area (Å²) in [6.45, 7) is 3.14. The summed E-state index contributed by atoms with van der Waals surface area (Å²) in [7, 11) is 2.08. The van der Waals surface area contributed by atoms with Gasteiger partial charge in [0.2, 0.25) is 0 Å². The van der Waals surface area contributed by atoms with Crippen LogP contribution in [0.3, 0.4) is 0 Å². The average Bonchev–Trinajstić information content (AvgIpc) is 2.91. The number of nitrogens with zero attached hydrogens (tertiary/aromatic N) is 1. The molecule has 0 spiro atoms. The normalized spacial score (nSPS) is 12.5. The lowest BCUT2D eigenvalue weighted by atomic mass is 9.92. The SMILES string of the molecule is CCOc1ccc(C(CN)Cc2cn(C)c3ccccc23)cc1Cl. The highest BCUT2D eigenvalue weighted by atomic mass is 35.5. The number of hydrogen-bond acceptors (Lipinski definition) is 2. The molecule has 2 aromatic carbocycles. The highest BCUT2D eigenvalue weighted by molar-refractivity contribution is 6.32. The second-order valence-corrected chi connectivity index (χ2v) is 6.45. The third-order valence-electron chi connectivity index (χ3n) is 4.46. The molecule has 126 valence electrons. The van der Waals surface area contributed by atoms with Crippen LogP contribution in [0.4, 0.5) is 0 Å². The fraction of sp³-hybridized carbons (Fsp3) is 0.300. The molecule has 1 unspecified atom stereocenters. The van der Waals surface area contributed by atoms with Gasteiger partial charge in [-0.1, -0.05) is 35.9 Å². The van der Waals surface area contributed by atoms with E-state index in [4.69, 9.17) is 22.1 Å². The van der Waals surface area contributed by atoms with E-state index < -0.39 is 0 Å². The average molecular weight is 343 g/mol. The van der Waals surface area contributed by atoms with Gasteiger partial charge in [-0.3, -0.25) is 0 Å². The molecular weight excluding hydrogens is 320 g/mol. The maximum atomic E-state index is 6.34. The number of para-hydroxylation sites is 1. The van der Waals surface area contributed by atoms with Crippen LogP contribution in [0.2, 0.25) is 5.02 Å². The molecule has 0 radical (unpaired) electrons. The lowest BCUT2D eigenvalue weighted by Gasteiger charge is -2.16. The Morgan fingerprint density at radius 1 is 1.21 bits per heavy atom. The van der Waals surface area contributed by atoms with Crippen LogP contribution < -0.4 is 10.5 Å². The summed E-state index contributed by atoms with van der Waals surface area (Å²) in [6.07, 6.45) is 3.09. The quantitative estimate of drug-likeness (QED) is 0.715. The predicted octanol–water partition coefficient (Wildman–Crippen LogP) is 4.52. The lowest BCUT2D eigenvalue weighted by Crippen LogP contribution is -2.15. The van der Waals surface area contributed by atoms with E-state index in [0.29, 0.717) is 18.2 Å². The van der Waals surface area contributed by atoms with Crippen LogP contribution >= 0.6 is 11.6 Å². The fourth-order valence-corrected chi connectivity index (χ4v) is 3.48. The number of nitrogens with two attached hydrogens (primary N) is 1. The number of ether oxygens (including phenoxy) is 1. The van der Waals surface area contributed by atoms with E-state index in [9.17, 15) is 0 Å². The molecule has 3 aromatic rings. The minimum absolute atomic E-state index is 0.226. The summed E-state index contributed by atoms with van der Waals surface area (Å²) in [4.78, 5) is 0. The molecular formula is C20H23ClN2O. The Kier molecular flexibility index (Phi) is 5.12. The van der Waals surface area contributed by atoms with Crippen molar-refractivity contribution in [3.8, 4) is 5.75 Å². The van der Waals surface area contributed by atoms with Gasteiger partial charge in [-0.25, -0.2) is 0 Å². The van der Waals surface area contributed by atoms with Gasteiger partial charge in [-0.05, 0) is 49.2 Å². The van der Waals surface area contributed by atoms with Crippen LogP contribution in [0.15, 0.2) is 48.7 Å². The zero-order valence-electron chi connectivity index (χ0n) is 14.1. The molecule has 3 nitrogen and oxygen atoms in total. The van der Waals surface area contributed by atoms with Crippen molar-refractivity contribution in [1.82, 2.24) is 4.57 Å². The summed E-state index contributed by atoms with van der Waals surface area (Å²) in [5, 5.41) is 1.93. The van der Waals surface area contributed by atoms with E-state index in [-0.39, 0.29) is 5.92 Å². The van der Waals surface area contributed by atoms with Gasteiger partial charge in [0.1, 0.15) is 5.75 Å². The van der Waals surface area contributed by atoms with E-state index >= 15 is 0 Å². The topological polar surface area (TPSA) is 40.2 Å². The second-order valence-electron chi connectivity index (χ2n) is 6.04. The molecule has 0 aliphatic carbocycles. The fourth-order valence-electron chi connectivity index (χ4n) is 3.23. The molecule has 1 heterocycles. The highest BCUT2D eigenvalue weighted by Crippen LogP contribution is 2.31. The summed E-state index contributed by atoms with van der Waals surface area (Å²) < 4.78 is 7.69. The Morgan fingerprint density at radius 2 is 2.00 bits per heavy atom. The molecule has 0 saturated carbocycles. The van der Waals surface area contributed by atoms with Crippen molar-refractivity contribution in [2.24, 2.45) is 12.8 Å². The van der Waals surface area contributed by atoms with Gasteiger partial charge >= 0.3 is 0 Å². The first-order chi connectivity index (χ1) is 11.6. The largest absolute Gasteiger partial charge is 0.492 e. The number of fused-ring (bicyclic) bond motifs is 1. The van der Waals surface area contributed by atoms with Crippen molar-refractivity contribution >= 4 is 22.5 Å². The molecule has 3 rings (SSSR count). The molecule has 0 amide bonds. The van der Waals surface area contributed by atoms with Crippen LogP contribution in [0, 0.1) is 0 Å². The first-order valence-electron chi connectivity index (χ1n) is 8.29. The van der Waals surface area contributed by atoms with Crippen molar-refractivity contribution in [3.05, 3.63) is 64.8 Å². The molecule has 2 N–H and O–H groups in total. The van der Waals surface area contributed by atoms with Crippen molar-refractivity contribution in [2.45, 2.75) is 19.3 Å². The summed E-state index contributed by atoms with van der Waals surface area (Å²) in [6, 6.07) is 14.4. The molecule has 0 aliphatic rings. The standard InChI is InChI=1S/C20H23ClN2O/c1-3-24-20-9-8-14(11-18(20)21)15(12-22)10-16-13-23(2)19-7-5-4-6-17(16)19/h4-9,11,13,15H,3,10,12,22H2,1-2H3. The van der Waals surface area contributed by atoms with Crippen LogP contribution in [-0.4, -0.2) is 17.7 Å². The van der Waals surface area contributed by atoms with Gasteiger partial charge in [-0.15, -0.1) is 0 Å². The van der Waals surface area contributed by atoms with E-state index in [2.05, 4.69) is 48.1 Å². The molecule has 0 aliphatic heterocycles. The Hall–Kier alpha value is -1.97. The summed E-state index contributed by atoms with van der Waals surface area (Å²) in [5.41, 5.74) is 9.78. The second kappa shape index (κ2) is 7.29. The molecule has 0 fully saturated rings. The van der Waals surface area contributed by atoms with Crippen molar-refractivity contribution in [1.29, 1.82) is 0 Å². The molecule has 0 saturated heterocycles. The molecule has 1 atom stereocenters. The minimum Gasteiger partial charge on any atom is -0.492 e. The predicted molar refractivity (Wildman–Crippen MR) is 101 cm³/mol. The number of halogens is 1. The van der Waals surface area contributed by atoms with Crippen LogP contribution in [0.1, 0.15) is 24.0 Å². The minimum atomic E-state index is 0.226. The maximum Gasteiger partial charge on any atom is 0.137 e. The maximum absolute atomic E-state index is 6.34. The molecule has 1 aromatic heterocycles. The zero-order chi connectivity index (χ0) is 17.1. The van der Waals surface area contributed by atoms with Crippen LogP contribution in [0.25, 0.3) is 10.9 Å². The highest BCUT2D eigenvalue weighted by Gasteiger charge is 2.16. The van der Waals surface area contributed by atoms with Gasteiger partial charge in [0.25, 0.3) is 0 Å². The number of aryl methyl sites for hydroxylation is 1. The van der Waals surface area contributed by atoms with Gasteiger partial charge < -0.3 is 15.0 Å². The molecule has 0 bridgehead atoms. The summed E-state index contributed by atoms with van der Waals surface area (Å²) >= 11 is 6.34. The first kappa shape index (κ1) is 16.9. The van der Waals surface area contributed by atoms with Crippen molar-refractivity contribution in [3.63, 3.8) is 0 Å². The third kappa shape index (κ3) is 3.28. The van der Waals surface area contributed by atoms with E-state index in [1.807, 2.05) is 19.1 Å². The van der Waals surface area contributed by atoms with E-state index in [0.717, 1.165) is 17.7 Å². The zero-order valence-corrected chi connectivity index (χ0v) is 14.9. The number of benzene rings is 2. The van der Waals surface area contributed by atoms with Gasteiger partial charge in [0.05, 0.1) is 11.6 Å². The Morgan fingerprint density at radius 3 is 2.71 bits per heavy atom. The Balaban J connectivity index is 1.90. The van der Waals surface area contributed by atoms with E-state index in [1.165, 1.54) is 16.5 Å². The first-order valence-corrected chi connectivity index (χ1v) is 8.67. The Labute approximate surface area is 148 Å². The molecule has 24 heavy (non-hydrogen) atoms. The number of hydrogen-bond donors (Lipinski definition) is 1. The van der Waals surface area contributed by atoms with Gasteiger partial charge in [0, 0.05) is 30.1 Å². The number of aromatic nitrogens is 1. The third-order valence-corrected chi connectivity index (χ3v) is 4.75. The smallest absolute Gasteiger partial charge is 0.137 e. The van der Waals surface area contributed by atoms with Crippen molar-refractivity contribution in [2.75, 3.05) is 13.2 Å².